The molecule has 0 spiro atoms. The van der Waals surface area contributed by atoms with Gasteiger partial charge in [0.15, 0.2) is 0 Å². The van der Waals surface area contributed by atoms with E-state index in [4.69, 9.17) is 17.4 Å². The van der Waals surface area contributed by atoms with Gasteiger partial charge >= 0.3 is 6.36 Å². The van der Waals surface area contributed by atoms with E-state index in [0.717, 1.165) is 6.07 Å². The summed E-state index contributed by atoms with van der Waals surface area (Å²) in [4.78, 5) is 0. The van der Waals surface area contributed by atoms with Gasteiger partial charge < -0.3 is 10.2 Å². The average Bonchev–Trinajstić information content (AvgIpc) is 2.06. The maximum Gasteiger partial charge on any atom is 0.573 e. The van der Waals surface area contributed by atoms with E-state index >= 15 is 0 Å². The van der Waals surface area contributed by atoms with Crippen molar-refractivity contribution in [2.24, 2.45) is 5.84 Å². The minimum atomic E-state index is -4.75. The third-order valence-electron chi connectivity index (χ3n) is 1.32. The molecule has 0 bridgehead atoms. The number of benzene rings is 1. The van der Waals surface area contributed by atoms with Crippen LogP contribution in [0.4, 0.5) is 18.9 Å². The van der Waals surface area contributed by atoms with Crippen molar-refractivity contribution in [1.82, 2.24) is 0 Å². The molecule has 0 amide bonds. The Bertz CT molecular complexity index is 329. The standard InChI is InChI=1S/C7H6ClF3N2O/c8-5-3-4(13-12)1-2-6(5)14-7(9,10)11/h1-3,13H,12H2. The second kappa shape index (κ2) is 3.93. The van der Waals surface area contributed by atoms with Gasteiger partial charge in [0, 0.05) is 0 Å². The molecule has 0 aliphatic carbocycles. The highest BCUT2D eigenvalue weighted by atomic mass is 35.5. The van der Waals surface area contributed by atoms with Crippen LogP contribution in [-0.4, -0.2) is 6.36 Å². The van der Waals surface area contributed by atoms with Gasteiger partial charge in [-0.1, -0.05) is 11.6 Å². The van der Waals surface area contributed by atoms with Gasteiger partial charge in [0.1, 0.15) is 5.75 Å². The lowest BCUT2D eigenvalue weighted by Crippen LogP contribution is -2.17. The minimum absolute atomic E-state index is 0.169. The summed E-state index contributed by atoms with van der Waals surface area (Å²) in [5.41, 5.74) is 2.63. The number of halogens is 4. The van der Waals surface area contributed by atoms with Crippen molar-refractivity contribution < 1.29 is 17.9 Å². The van der Waals surface area contributed by atoms with Gasteiger partial charge in [-0.05, 0) is 18.2 Å². The number of hydrogen-bond acceptors (Lipinski definition) is 3. The number of anilines is 1. The monoisotopic (exact) mass is 226 g/mol. The van der Waals surface area contributed by atoms with E-state index in [0.29, 0.717) is 5.69 Å². The average molecular weight is 227 g/mol. The Morgan fingerprint density at radius 3 is 2.43 bits per heavy atom. The van der Waals surface area contributed by atoms with Crippen LogP contribution in [0.25, 0.3) is 0 Å². The lowest BCUT2D eigenvalue weighted by Gasteiger charge is -2.10. The molecule has 0 aliphatic rings. The number of rotatable bonds is 2. The highest BCUT2D eigenvalue weighted by Crippen LogP contribution is 2.31. The smallest absolute Gasteiger partial charge is 0.404 e. The summed E-state index contributed by atoms with van der Waals surface area (Å²) >= 11 is 5.49. The molecule has 0 atom stereocenters. The predicted octanol–water partition coefficient (Wildman–Crippen LogP) is 2.52. The van der Waals surface area contributed by atoms with Crippen LogP contribution >= 0.6 is 11.6 Å². The van der Waals surface area contributed by atoms with E-state index < -0.39 is 12.1 Å². The molecule has 0 saturated heterocycles. The van der Waals surface area contributed by atoms with E-state index in [2.05, 4.69) is 10.2 Å². The zero-order valence-corrected chi connectivity index (χ0v) is 7.49. The Morgan fingerprint density at radius 2 is 2.00 bits per heavy atom. The molecule has 0 fully saturated rings. The fraction of sp³-hybridized carbons (Fsp3) is 0.143. The van der Waals surface area contributed by atoms with Crippen LogP contribution in [0, 0.1) is 0 Å². The lowest BCUT2D eigenvalue weighted by atomic mass is 10.3. The van der Waals surface area contributed by atoms with Crippen molar-refractivity contribution in [2.75, 3.05) is 5.43 Å². The zero-order valence-electron chi connectivity index (χ0n) is 6.73. The first-order valence-electron chi connectivity index (χ1n) is 3.44. The summed E-state index contributed by atoms with van der Waals surface area (Å²) in [5.74, 6) is 4.56. The molecule has 14 heavy (non-hydrogen) atoms. The molecule has 1 aromatic carbocycles. The maximum atomic E-state index is 11.8. The Kier molecular flexibility index (Phi) is 3.07. The van der Waals surface area contributed by atoms with Crippen molar-refractivity contribution in [3.8, 4) is 5.75 Å². The van der Waals surface area contributed by atoms with E-state index in [-0.39, 0.29) is 5.02 Å². The molecule has 3 N–H and O–H groups in total. The summed E-state index contributed by atoms with van der Waals surface area (Å²) in [7, 11) is 0. The highest BCUT2D eigenvalue weighted by Gasteiger charge is 2.31. The molecule has 1 aromatic rings. The third-order valence-corrected chi connectivity index (χ3v) is 1.62. The van der Waals surface area contributed by atoms with Crippen LogP contribution in [0.3, 0.4) is 0 Å². The molecule has 3 nitrogen and oxygen atoms in total. The molecule has 0 heterocycles. The summed E-state index contributed by atoms with van der Waals surface area (Å²) in [6.07, 6.45) is -4.75. The van der Waals surface area contributed by atoms with E-state index in [1.807, 2.05) is 0 Å². The summed E-state index contributed by atoms with van der Waals surface area (Å²) in [5, 5.41) is -0.169. The van der Waals surface area contributed by atoms with Gasteiger partial charge in [-0.2, -0.15) is 0 Å². The molecule has 0 aromatic heterocycles. The molecule has 78 valence electrons. The summed E-state index contributed by atoms with van der Waals surface area (Å²) in [6, 6.07) is 3.61. The van der Waals surface area contributed by atoms with Gasteiger partial charge in [-0.15, -0.1) is 13.2 Å². The van der Waals surface area contributed by atoms with Crippen LogP contribution < -0.4 is 16.0 Å². The van der Waals surface area contributed by atoms with Crippen LogP contribution in [0.5, 0.6) is 5.75 Å². The number of nitrogen functional groups attached to an aromatic ring is 1. The van der Waals surface area contributed by atoms with Crippen molar-refractivity contribution in [3.63, 3.8) is 0 Å². The largest absolute Gasteiger partial charge is 0.573 e. The van der Waals surface area contributed by atoms with E-state index in [9.17, 15) is 13.2 Å². The Balaban J connectivity index is 2.89. The first-order valence-corrected chi connectivity index (χ1v) is 3.82. The number of ether oxygens (including phenoxy) is 1. The molecular weight excluding hydrogens is 221 g/mol. The highest BCUT2D eigenvalue weighted by molar-refractivity contribution is 6.32. The normalized spacial score (nSPS) is 11.2. The summed E-state index contributed by atoms with van der Waals surface area (Å²) < 4.78 is 39.0. The number of hydrogen-bond donors (Lipinski definition) is 2. The number of hydrazine groups is 1. The Morgan fingerprint density at radius 1 is 1.36 bits per heavy atom. The molecule has 0 saturated carbocycles. The topological polar surface area (TPSA) is 47.3 Å². The number of nitrogens with one attached hydrogen (secondary N) is 1. The first-order chi connectivity index (χ1) is 6.42. The quantitative estimate of drug-likeness (QED) is 0.602. The van der Waals surface area contributed by atoms with Crippen LogP contribution in [0.1, 0.15) is 0 Å². The predicted molar refractivity (Wildman–Crippen MR) is 45.9 cm³/mol. The third kappa shape index (κ3) is 2.97. The molecule has 0 radical (unpaired) electrons. The lowest BCUT2D eigenvalue weighted by molar-refractivity contribution is -0.274. The van der Waals surface area contributed by atoms with Gasteiger partial charge in [0.2, 0.25) is 0 Å². The van der Waals surface area contributed by atoms with Crippen LogP contribution in [-0.2, 0) is 0 Å². The van der Waals surface area contributed by atoms with Gasteiger partial charge in [-0.3, -0.25) is 5.84 Å². The van der Waals surface area contributed by atoms with Crippen molar-refractivity contribution >= 4 is 17.3 Å². The second-order valence-electron chi connectivity index (χ2n) is 2.34. The second-order valence-corrected chi connectivity index (χ2v) is 2.74. The van der Waals surface area contributed by atoms with Gasteiger partial charge in [0.05, 0.1) is 10.7 Å². The van der Waals surface area contributed by atoms with Gasteiger partial charge in [-0.25, -0.2) is 0 Å². The minimum Gasteiger partial charge on any atom is -0.404 e. The van der Waals surface area contributed by atoms with Gasteiger partial charge in [0.25, 0.3) is 0 Å². The fourth-order valence-electron chi connectivity index (χ4n) is 0.798. The zero-order chi connectivity index (χ0) is 10.8. The van der Waals surface area contributed by atoms with Crippen molar-refractivity contribution in [2.45, 2.75) is 6.36 Å². The van der Waals surface area contributed by atoms with Crippen molar-refractivity contribution in [1.29, 1.82) is 0 Å². The van der Waals surface area contributed by atoms with E-state index in [1.54, 1.807) is 0 Å². The molecular formula is C7H6ClF3N2O. The number of alkyl halides is 3. The molecule has 7 heteroatoms. The Labute approximate surface area is 82.6 Å². The molecule has 0 unspecified atom stereocenters. The maximum absolute atomic E-state index is 11.8. The van der Waals surface area contributed by atoms with Crippen molar-refractivity contribution in [3.05, 3.63) is 23.2 Å². The Hall–Kier alpha value is -1.14. The number of nitrogens with two attached hydrogens (primary N) is 1. The summed E-state index contributed by atoms with van der Waals surface area (Å²) in [6.45, 7) is 0. The first kappa shape index (κ1) is 10.9. The SMILES string of the molecule is NNc1ccc(OC(F)(F)F)c(Cl)c1. The molecule has 1 rings (SSSR count). The molecule has 0 aliphatic heterocycles. The van der Waals surface area contributed by atoms with Crippen LogP contribution in [0.2, 0.25) is 5.02 Å². The van der Waals surface area contributed by atoms with Crippen LogP contribution in [0.15, 0.2) is 18.2 Å². The fourth-order valence-corrected chi connectivity index (χ4v) is 1.02. The van der Waals surface area contributed by atoms with E-state index in [1.165, 1.54) is 12.1 Å².